The number of carbonyl (C=O) groups is 1. The number of halogens is 1. The molecule has 0 saturated heterocycles. The minimum absolute atomic E-state index is 0.0106. The van der Waals surface area contributed by atoms with Crippen LogP contribution in [0, 0.1) is 3.57 Å². The van der Waals surface area contributed by atoms with Gasteiger partial charge in [0.2, 0.25) is 5.95 Å². The molecule has 3 rings (SSSR count). The van der Waals surface area contributed by atoms with Crippen LogP contribution in [0.25, 0.3) is 0 Å². The van der Waals surface area contributed by atoms with Crippen molar-refractivity contribution in [3.05, 3.63) is 76.1 Å². The van der Waals surface area contributed by atoms with Gasteiger partial charge in [0.25, 0.3) is 15.9 Å². The summed E-state index contributed by atoms with van der Waals surface area (Å²) in [5, 5.41) is 2.74. The normalized spacial score (nSPS) is 11.0. The van der Waals surface area contributed by atoms with Gasteiger partial charge in [0, 0.05) is 21.7 Å². The molecule has 26 heavy (non-hydrogen) atoms. The lowest BCUT2D eigenvalue weighted by Crippen LogP contribution is -2.15. The highest BCUT2D eigenvalue weighted by Gasteiger charge is 2.16. The summed E-state index contributed by atoms with van der Waals surface area (Å²) in [7, 11) is -3.81. The second kappa shape index (κ2) is 7.79. The number of benzene rings is 2. The van der Waals surface area contributed by atoms with E-state index in [4.69, 9.17) is 0 Å². The first kappa shape index (κ1) is 18.3. The van der Waals surface area contributed by atoms with E-state index in [1.54, 1.807) is 18.2 Å². The first-order chi connectivity index (χ1) is 12.5. The molecule has 0 radical (unpaired) electrons. The lowest BCUT2D eigenvalue weighted by atomic mass is 10.2. The second-order valence-corrected chi connectivity index (χ2v) is 7.98. The van der Waals surface area contributed by atoms with E-state index in [2.05, 4.69) is 42.6 Å². The molecule has 0 aliphatic heterocycles. The van der Waals surface area contributed by atoms with Gasteiger partial charge in [0.05, 0.1) is 10.5 Å². The summed E-state index contributed by atoms with van der Waals surface area (Å²) >= 11 is 2.08. The molecular weight excluding hydrogens is 467 g/mol. The molecule has 1 heterocycles. The topological polar surface area (TPSA) is 101 Å². The molecule has 0 fully saturated rings. The molecule has 0 aliphatic carbocycles. The molecule has 0 spiro atoms. The highest BCUT2D eigenvalue weighted by Crippen LogP contribution is 2.18. The van der Waals surface area contributed by atoms with Gasteiger partial charge >= 0.3 is 0 Å². The average Bonchev–Trinajstić information content (AvgIpc) is 2.63. The van der Waals surface area contributed by atoms with Crippen molar-refractivity contribution in [2.24, 2.45) is 0 Å². The summed E-state index contributed by atoms with van der Waals surface area (Å²) in [4.78, 5) is 20.0. The van der Waals surface area contributed by atoms with Crippen molar-refractivity contribution < 1.29 is 13.2 Å². The average molecular weight is 480 g/mol. The molecule has 0 saturated carbocycles. The Balaban J connectivity index is 1.74. The lowest BCUT2D eigenvalue weighted by Gasteiger charge is -2.09. The molecule has 0 atom stereocenters. The predicted octanol–water partition coefficient (Wildman–Crippen LogP) is 3.13. The summed E-state index contributed by atoms with van der Waals surface area (Å²) in [6.07, 6.45) is 2.88. The Morgan fingerprint density at radius 1 is 0.923 bits per heavy atom. The summed E-state index contributed by atoms with van der Waals surface area (Å²) < 4.78 is 27.8. The van der Waals surface area contributed by atoms with Crippen LogP contribution in [0.2, 0.25) is 0 Å². The number of amides is 1. The van der Waals surface area contributed by atoms with Crippen molar-refractivity contribution in [1.82, 2.24) is 9.97 Å². The first-order valence-corrected chi connectivity index (χ1v) is 9.98. The monoisotopic (exact) mass is 480 g/mol. The van der Waals surface area contributed by atoms with Crippen LogP contribution in [-0.4, -0.2) is 24.3 Å². The fourth-order valence-electron chi connectivity index (χ4n) is 2.09. The Morgan fingerprint density at radius 2 is 1.58 bits per heavy atom. The molecular formula is C17H13IN4O3S. The smallest absolute Gasteiger partial charge is 0.264 e. The van der Waals surface area contributed by atoms with Crippen LogP contribution in [0.5, 0.6) is 0 Å². The minimum atomic E-state index is -3.81. The largest absolute Gasteiger partial charge is 0.322 e. The Hall–Kier alpha value is -2.53. The number of rotatable bonds is 5. The number of sulfonamides is 1. The van der Waals surface area contributed by atoms with Crippen molar-refractivity contribution in [2.45, 2.75) is 4.90 Å². The van der Waals surface area contributed by atoms with Gasteiger partial charge in [-0.1, -0.05) is 12.1 Å². The first-order valence-electron chi connectivity index (χ1n) is 7.41. The van der Waals surface area contributed by atoms with Gasteiger partial charge in [-0.05, 0) is 65.1 Å². The molecule has 7 nitrogen and oxygen atoms in total. The number of hydrogen-bond donors (Lipinski definition) is 2. The number of anilines is 2. The van der Waals surface area contributed by atoms with Crippen molar-refractivity contribution >= 4 is 50.2 Å². The Bertz CT molecular complexity index is 1030. The zero-order chi connectivity index (χ0) is 18.6. The number of carbonyl (C=O) groups excluding carboxylic acids is 1. The van der Waals surface area contributed by atoms with Crippen LogP contribution in [0.3, 0.4) is 0 Å². The van der Waals surface area contributed by atoms with Crippen LogP contribution < -0.4 is 10.0 Å². The standard InChI is InChI=1S/C17H13IN4O3S/c18-15-5-2-1-4-14(15)16(23)21-12-6-8-13(9-7-12)26(24,25)22-17-19-10-3-11-20-17/h1-11H,(H,21,23)(H,19,20,22). The molecule has 2 N–H and O–H groups in total. The van der Waals surface area contributed by atoms with Gasteiger partial charge in [-0.15, -0.1) is 0 Å². The van der Waals surface area contributed by atoms with Crippen molar-refractivity contribution in [1.29, 1.82) is 0 Å². The molecule has 1 amide bonds. The zero-order valence-corrected chi connectivity index (χ0v) is 16.2. The zero-order valence-electron chi connectivity index (χ0n) is 13.3. The van der Waals surface area contributed by atoms with E-state index in [9.17, 15) is 13.2 Å². The maximum absolute atomic E-state index is 12.3. The Kier molecular flexibility index (Phi) is 5.47. The van der Waals surface area contributed by atoms with Gasteiger partial charge in [0.15, 0.2) is 0 Å². The van der Waals surface area contributed by atoms with Crippen molar-refractivity contribution in [3.63, 3.8) is 0 Å². The second-order valence-electron chi connectivity index (χ2n) is 5.14. The van der Waals surface area contributed by atoms with Gasteiger partial charge in [-0.25, -0.2) is 23.1 Å². The van der Waals surface area contributed by atoms with Crippen LogP contribution in [0.15, 0.2) is 71.9 Å². The van der Waals surface area contributed by atoms with Crippen LogP contribution in [0.1, 0.15) is 10.4 Å². The molecule has 2 aromatic carbocycles. The summed E-state index contributed by atoms with van der Waals surface area (Å²) in [5.74, 6) is -0.273. The summed E-state index contributed by atoms with van der Waals surface area (Å²) in [5.41, 5.74) is 1.04. The maximum atomic E-state index is 12.3. The van der Waals surface area contributed by atoms with E-state index < -0.39 is 10.0 Å². The minimum Gasteiger partial charge on any atom is -0.322 e. The summed E-state index contributed by atoms with van der Waals surface area (Å²) in [6, 6.07) is 14.6. The predicted molar refractivity (Wildman–Crippen MR) is 106 cm³/mol. The fourth-order valence-corrected chi connectivity index (χ4v) is 3.68. The van der Waals surface area contributed by atoms with Crippen LogP contribution >= 0.6 is 22.6 Å². The number of aromatic nitrogens is 2. The van der Waals surface area contributed by atoms with Gasteiger partial charge in [-0.2, -0.15) is 0 Å². The third kappa shape index (κ3) is 4.35. The number of hydrogen-bond acceptors (Lipinski definition) is 5. The van der Waals surface area contributed by atoms with E-state index in [-0.39, 0.29) is 16.8 Å². The summed E-state index contributed by atoms with van der Waals surface area (Å²) in [6.45, 7) is 0. The lowest BCUT2D eigenvalue weighted by molar-refractivity contribution is 0.102. The molecule has 9 heteroatoms. The molecule has 0 bridgehead atoms. The Labute approximate surface area is 164 Å². The van der Waals surface area contributed by atoms with E-state index in [0.717, 1.165) is 3.57 Å². The number of nitrogens with zero attached hydrogens (tertiary/aromatic N) is 2. The van der Waals surface area contributed by atoms with Gasteiger partial charge in [-0.3, -0.25) is 4.79 Å². The van der Waals surface area contributed by atoms with Gasteiger partial charge in [0.1, 0.15) is 0 Å². The molecule has 0 aliphatic rings. The molecule has 0 unspecified atom stereocenters. The third-order valence-corrected chi connectivity index (χ3v) is 5.62. The fraction of sp³-hybridized carbons (Fsp3) is 0. The van der Waals surface area contributed by atoms with E-state index in [0.29, 0.717) is 11.3 Å². The SMILES string of the molecule is O=C(Nc1ccc(S(=O)(=O)Nc2ncccn2)cc1)c1ccccc1I. The van der Waals surface area contributed by atoms with Crippen LogP contribution in [-0.2, 0) is 10.0 Å². The van der Waals surface area contributed by atoms with E-state index in [1.165, 1.54) is 36.7 Å². The number of nitrogens with one attached hydrogen (secondary N) is 2. The highest BCUT2D eigenvalue weighted by atomic mass is 127. The molecule has 3 aromatic rings. The van der Waals surface area contributed by atoms with Crippen molar-refractivity contribution in [2.75, 3.05) is 10.0 Å². The molecule has 1 aromatic heterocycles. The maximum Gasteiger partial charge on any atom is 0.264 e. The van der Waals surface area contributed by atoms with E-state index in [1.807, 2.05) is 12.1 Å². The quantitative estimate of drug-likeness (QED) is 0.547. The van der Waals surface area contributed by atoms with E-state index >= 15 is 0 Å². The third-order valence-electron chi connectivity index (χ3n) is 3.33. The van der Waals surface area contributed by atoms with Gasteiger partial charge < -0.3 is 5.32 Å². The Morgan fingerprint density at radius 3 is 2.23 bits per heavy atom. The van der Waals surface area contributed by atoms with Crippen molar-refractivity contribution in [3.8, 4) is 0 Å². The van der Waals surface area contributed by atoms with Crippen LogP contribution in [0.4, 0.5) is 11.6 Å². The molecule has 132 valence electrons. The highest BCUT2D eigenvalue weighted by molar-refractivity contribution is 14.1.